The molecule has 0 bridgehead atoms. The van der Waals surface area contributed by atoms with Crippen molar-refractivity contribution in [1.82, 2.24) is 5.16 Å². The van der Waals surface area contributed by atoms with Gasteiger partial charge in [-0.15, -0.1) is 0 Å². The lowest BCUT2D eigenvalue weighted by atomic mass is 10.1. The third kappa shape index (κ3) is 2.26. The van der Waals surface area contributed by atoms with Crippen LogP contribution in [-0.2, 0) is 6.42 Å². The maximum Gasteiger partial charge on any atom is 0.139 e. The molecule has 0 fully saturated rings. The first kappa shape index (κ1) is 11.2. The van der Waals surface area contributed by atoms with Gasteiger partial charge >= 0.3 is 0 Å². The van der Waals surface area contributed by atoms with E-state index in [2.05, 4.69) is 5.16 Å². The molecule has 1 aromatic heterocycles. The van der Waals surface area contributed by atoms with Gasteiger partial charge in [0.1, 0.15) is 11.5 Å². The average molecular weight is 238 g/mol. The molecule has 0 spiro atoms. The molecule has 1 N–H and O–H groups in total. The minimum Gasteiger partial charge on any atom is -0.396 e. The maximum atomic E-state index is 8.79. The highest BCUT2D eigenvalue weighted by Crippen LogP contribution is 2.25. The Balaban J connectivity index is 2.35. The van der Waals surface area contributed by atoms with E-state index in [1.807, 2.05) is 31.2 Å². The summed E-state index contributed by atoms with van der Waals surface area (Å²) in [5, 5.41) is 13.5. The van der Waals surface area contributed by atoms with Gasteiger partial charge in [-0.25, -0.2) is 0 Å². The van der Waals surface area contributed by atoms with Gasteiger partial charge in [0, 0.05) is 23.1 Å². The molecule has 0 saturated carbocycles. The Bertz CT molecular complexity index is 494. The van der Waals surface area contributed by atoms with Gasteiger partial charge in [0.2, 0.25) is 0 Å². The Kier molecular flexibility index (Phi) is 3.27. The molecule has 0 aliphatic heterocycles. The number of aliphatic hydroxyl groups is 1. The molecule has 2 rings (SSSR count). The van der Waals surface area contributed by atoms with E-state index in [0.29, 0.717) is 17.2 Å². The zero-order valence-electron chi connectivity index (χ0n) is 8.90. The summed E-state index contributed by atoms with van der Waals surface area (Å²) >= 11 is 5.88. The van der Waals surface area contributed by atoms with Gasteiger partial charge in [-0.3, -0.25) is 0 Å². The van der Waals surface area contributed by atoms with Crippen molar-refractivity contribution < 1.29 is 9.63 Å². The molecule has 0 aliphatic carbocycles. The number of halogens is 1. The standard InChI is InChI=1S/C12H12ClNO2/c1-8-6-9(13)2-3-11(8)12-7-10(4-5-15)16-14-12/h2-3,6-7,15H,4-5H2,1H3. The molecule has 16 heavy (non-hydrogen) atoms. The van der Waals surface area contributed by atoms with E-state index in [-0.39, 0.29) is 6.61 Å². The van der Waals surface area contributed by atoms with Gasteiger partial charge in [0.05, 0.1) is 6.61 Å². The quantitative estimate of drug-likeness (QED) is 0.893. The van der Waals surface area contributed by atoms with Crippen LogP contribution >= 0.6 is 11.6 Å². The third-order valence-corrected chi connectivity index (χ3v) is 2.62. The van der Waals surface area contributed by atoms with Crippen molar-refractivity contribution in [3.8, 4) is 11.3 Å². The predicted octanol–water partition coefficient (Wildman–Crippen LogP) is 2.84. The highest BCUT2D eigenvalue weighted by atomic mass is 35.5. The first-order chi connectivity index (χ1) is 7.70. The Morgan fingerprint density at radius 3 is 2.88 bits per heavy atom. The van der Waals surface area contributed by atoms with Crippen LogP contribution in [0.25, 0.3) is 11.3 Å². The topological polar surface area (TPSA) is 46.3 Å². The Morgan fingerprint density at radius 2 is 2.19 bits per heavy atom. The van der Waals surface area contributed by atoms with Crippen LogP contribution in [-0.4, -0.2) is 16.9 Å². The molecular formula is C12H12ClNO2. The van der Waals surface area contributed by atoms with Crippen LogP contribution in [0, 0.1) is 6.92 Å². The summed E-state index contributed by atoms with van der Waals surface area (Å²) in [5.74, 6) is 0.687. The van der Waals surface area contributed by atoms with Crippen molar-refractivity contribution in [2.45, 2.75) is 13.3 Å². The normalized spacial score (nSPS) is 10.7. The van der Waals surface area contributed by atoms with E-state index in [0.717, 1.165) is 16.8 Å². The molecule has 0 amide bonds. The lowest BCUT2D eigenvalue weighted by Gasteiger charge is -2.01. The lowest BCUT2D eigenvalue weighted by molar-refractivity contribution is 0.277. The molecule has 3 nitrogen and oxygen atoms in total. The SMILES string of the molecule is Cc1cc(Cl)ccc1-c1cc(CCO)on1. The number of hydrogen-bond donors (Lipinski definition) is 1. The molecule has 0 aliphatic rings. The number of aryl methyl sites for hydroxylation is 1. The highest BCUT2D eigenvalue weighted by Gasteiger charge is 2.08. The number of nitrogens with zero attached hydrogens (tertiary/aromatic N) is 1. The first-order valence-corrected chi connectivity index (χ1v) is 5.41. The van der Waals surface area contributed by atoms with Crippen molar-refractivity contribution in [2.24, 2.45) is 0 Å². The van der Waals surface area contributed by atoms with E-state index in [1.165, 1.54) is 0 Å². The fourth-order valence-electron chi connectivity index (χ4n) is 1.58. The van der Waals surface area contributed by atoms with Crippen LogP contribution < -0.4 is 0 Å². The van der Waals surface area contributed by atoms with Crippen molar-refractivity contribution in [2.75, 3.05) is 6.61 Å². The van der Waals surface area contributed by atoms with E-state index in [1.54, 1.807) is 0 Å². The van der Waals surface area contributed by atoms with Crippen LogP contribution in [0.1, 0.15) is 11.3 Å². The van der Waals surface area contributed by atoms with Gasteiger partial charge in [-0.05, 0) is 24.6 Å². The first-order valence-electron chi connectivity index (χ1n) is 5.03. The molecule has 1 heterocycles. The smallest absolute Gasteiger partial charge is 0.139 e. The Labute approximate surface area is 98.6 Å². The van der Waals surface area contributed by atoms with E-state index in [4.69, 9.17) is 21.2 Å². The number of aromatic nitrogens is 1. The summed E-state index contributed by atoms with van der Waals surface area (Å²) in [6, 6.07) is 7.46. The summed E-state index contributed by atoms with van der Waals surface area (Å²) < 4.78 is 5.10. The van der Waals surface area contributed by atoms with Crippen molar-refractivity contribution in [1.29, 1.82) is 0 Å². The van der Waals surface area contributed by atoms with E-state index >= 15 is 0 Å². The predicted molar refractivity (Wildman–Crippen MR) is 62.5 cm³/mol. The van der Waals surface area contributed by atoms with Crippen LogP contribution in [0.3, 0.4) is 0 Å². The summed E-state index contributed by atoms with van der Waals surface area (Å²) in [6.45, 7) is 2.04. The van der Waals surface area contributed by atoms with Gasteiger partial charge < -0.3 is 9.63 Å². The summed E-state index contributed by atoms with van der Waals surface area (Å²) in [4.78, 5) is 0. The second-order valence-corrected chi connectivity index (χ2v) is 4.05. The monoisotopic (exact) mass is 237 g/mol. The van der Waals surface area contributed by atoms with Crippen LogP contribution in [0.2, 0.25) is 5.02 Å². The molecule has 2 aromatic rings. The maximum absolute atomic E-state index is 8.79. The van der Waals surface area contributed by atoms with Gasteiger partial charge in [-0.2, -0.15) is 0 Å². The molecule has 84 valence electrons. The van der Waals surface area contributed by atoms with Gasteiger partial charge in [0.15, 0.2) is 0 Å². The fraction of sp³-hybridized carbons (Fsp3) is 0.250. The molecule has 4 heteroatoms. The third-order valence-electron chi connectivity index (χ3n) is 2.38. The zero-order valence-corrected chi connectivity index (χ0v) is 9.66. The average Bonchev–Trinajstić information content (AvgIpc) is 2.67. The second-order valence-electron chi connectivity index (χ2n) is 3.61. The minimum atomic E-state index is 0.0637. The summed E-state index contributed by atoms with van der Waals surface area (Å²) in [6.07, 6.45) is 0.486. The molecule has 0 unspecified atom stereocenters. The highest BCUT2D eigenvalue weighted by molar-refractivity contribution is 6.30. The summed E-state index contributed by atoms with van der Waals surface area (Å²) in [5.41, 5.74) is 2.83. The molecule has 1 aromatic carbocycles. The Hall–Kier alpha value is -1.32. The fourth-order valence-corrected chi connectivity index (χ4v) is 1.81. The zero-order chi connectivity index (χ0) is 11.5. The van der Waals surface area contributed by atoms with E-state index < -0.39 is 0 Å². The number of aliphatic hydroxyl groups excluding tert-OH is 1. The molecular weight excluding hydrogens is 226 g/mol. The lowest BCUT2D eigenvalue weighted by Crippen LogP contribution is -1.86. The Morgan fingerprint density at radius 1 is 1.38 bits per heavy atom. The van der Waals surface area contributed by atoms with Crippen LogP contribution in [0.15, 0.2) is 28.8 Å². The van der Waals surface area contributed by atoms with Crippen LogP contribution in [0.5, 0.6) is 0 Å². The molecule has 0 saturated heterocycles. The van der Waals surface area contributed by atoms with Crippen molar-refractivity contribution >= 4 is 11.6 Å². The number of hydrogen-bond acceptors (Lipinski definition) is 3. The summed E-state index contributed by atoms with van der Waals surface area (Å²) in [7, 11) is 0. The largest absolute Gasteiger partial charge is 0.396 e. The van der Waals surface area contributed by atoms with Crippen LogP contribution in [0.4, 0.5) is 0 Å². The van der Waals surface area contributed by atoms with Crippen molar-refractivity contribution in [3.63, 3.8) is 0 Å². The number of benzene rings is 1. The molecule has 0 radical (unpaired) electrons. The van der Waals surface area contributed by atoms with Crippen molar-refractivity contribution in [3.05, 3.63) is 40.6 Å². The van der Waals surface area contributed by atoms with Gasteiger partial charge in [-0.1, -0.05) is 22.8 Å². The van der Waals surface area contributed by atoms with Gasteiger partial charge in [0.25, 0.3) is 0 Å². The minimum absolute atomic E-state index is 0.0637. The number of rotatable bonds is 3. The second kappa shape index (κ2) is 4.68. The van der Waals surface area contributed by atoms with E-state index in [9.17, 15) is 0 Å². The molecule has 0 atom stereocenters.